The van der Waals surface area contributed by atoms with Gasteiger partial charge in [0.15, 0.2) is 5.96 Å². The Kier molecular flexibility index (Phi) is 10.6. The molecule has 7 nitrogen and oxygen atoms in total. The van der Waals surface area contributed by atoms with Crippen molar-refractivity contribution in [3.63, 3.8) is 0 Å². The van der Waals surface area contributed by atoms with E-state index in [0.29, 0.717) is 22.6 Å². The molecule has 0 bridgehead atoms. The smallest absolute Gasteiger partial charge is 0.492 e. The third kappa shape index (κ3) is 7.72. The first kappa shape index (κ1) is 26.7. The second-order valence-electron chi connectivity index (χ2n) is 6.33. The lowest BCUT2D eigenvalue weighted by Gasteiger charge is -2.32. The first-order valence-electron chi connectivity index (χ1n) is 9.13. The highest BCUT2D eigenvalue weighted by molar-refractivity contribution is 14.0. The number of alkyl halides is 3. The molecule has 1 aromatic carbocycles. The Balaban J connectivity index is 0.00000450. The van der Waals surface area contributed by atoms with Crippen LogP contribution in [0, 0.1) is 5.82 Å². The summed E-state index contributed by atoms with van der Waals surface area (Å²) in [5, 5.41) is 6.11. The molecule has 0 atom stereocenters. The lowest BCUT2D eigenvalue weighted by molar-refractivity contribution is -0.0494. The molecule has 0 spiro atoms. The molecule has 1 aliphatic rings. The van der Waals surface area contributed by atoms with Crippen LogP contribution in [0.5, 0.6) is 5.75 Å². The van der Waals surface area contributed by atoms with E-state index in [1.807, 2.05) is 6.92 Å². The summed E-state index contributed by atoms with van der Waals surface area (Å²) in [6.07, 6.45) is 0.443. The Morgan fingerprint density at radius 3 is 2.53 bits per heavy atom. The third-order valence-electron chi connectivity index (χ3n) is 4.20. The standard InChI is InChI=1S/C17H24F4N4O3S.HI/c1-2-22-16(23-8-11-28-15-5-3-4-13(18)12-15)24-14-6-9-25(10-7-14)29(26,27)17(19,20)21;/h3-5,12,14H,2,6-11H2,1H3,(H2,22,23,24);1H. The van der Waals surface area contributed by atoms with Crippen LogP contribution in [0.25, 0.3) is 0 Å². The van der Waals surface area contributed by atoms with E-state index < -0.39 is 21.3 Å². The number of nitrogens with zero attached hydrogens (tertiary/aromatic N) is 2. The number of ether oxygens (including phenoxy) is 1. The van der Waals surface area contributed by atoms with Gasteiger partial charge in [0.25, 0.3) is 0 Å². The quantitative estimate of drug-likeness (QED) is 0.174. The summed E-state index contributed by atoms with van der Waals surface area (Å²) in [7, 11) is -5.29. The van der Waals surface area contributed by atoms with Gasteiger partial charge in [-0.1, -0.05) is 6.07 Å². The molecule has 1 saturated heterocycles. The molecule has 2 N–H and O–H groups in total. The molecule has 2 rings (SSSR count). The van der Waals surface area contributed by atoms with Crippen molar-refractivity contribution >= 4 is 40.0 Å². The molecule has 1 heterocycles. The maximum Gasteiger partial charge on any atom is 0.511 e. The van der Waals surface area contributed by atoms with Gasteiger partial charge in [-0.2, -0.15) is 17.5 Å². The third-order valence-corrected chi connectivity index (χ3v) is 5.83. The number of hydrogen-bond donors (Lipinski definition) is 2. The van der Waals surface area contributed by atoms with Gasteiger partial charge >= 0.3 is 15.5 Å². The van der Waals surface area contributed by atoms with E-state index in [9.17, 15) is 26.0 Å². The summed E-state index contributed by atoms with van der Waals surface area (Å²) in [6.45, 7) is 2.47. The molecule has 13 heteroatoms. The molecule has 172 valence electrons. The average Bonchev–Trinajstić information content (AvgIpc) is 2.65. The number of hydrogen-bond acceptors (Lipinski definition) is 4. The van der Waals surface area contributed by atoms with E-state index in [1.54, 1.807) is 6.07 Å². The molecule has 0 radical (unpaired) electrons. The zero-order valence-corrected chi connectivity index (χ0v) is 19.4. The first-order valence-corrected chi connectivity index (χ1v) is 10.6. The molecular formula is C17H25F4IN4O3S. The Morgan fingerprint density at radius 2 is 1.97 bits per heavy atom. The van der Waals surface area contributed by atoms with Gasteiger partial charge in [-0.05, 0) is 31.9 Å². The Morgan fingerprint density at radius 1 is 1.30 bits per heavy atom. The Hall–Kier alpha value is -1.35. The summed E-state index contributed by atoms with van der Waals surface area (Å²) < 4.78 is 79.8. The number of nitrogens with one attached hydrogen (secondary N) is 2. The van der Waals surface area contributed by atoms with E-state index in [1.165, 1.54) is 18.2 Å². The van der Waals surface area contributed by atoms with Crippen molar-refractivity contribution in [3.05, 3.63) is 30.1 Å². The van der Waals surface area contributed by atoms with Gasteiger partial charge in [-0.3, -0.25) is 0 Å². The van der Waals surface area contributed by atoms with Crippen molar-refractivity contribution in [2.24, 2.45) is 4.99 Å². The first-order chi connectivity index (χ1) is 13.6. The molecule has 0 saturated carbocycles. The minimum absolute atomic E-state index is 0. The predicted octanol–water partition coefficient (Wildman–Crippen LogP) is 2.69. The normalized spacial score (nSPS) is 16.6. The van der Waals surface area contributed by atoms with E-state index in [4.69, 9.17) is 4.74 Å². The van der Waals surface area contributed by atoms with Gasteiger partial charge in [0.2, 0.25) is 0 Å². The molecule has 0 amide bonds. The minimum Gasteiger partial charge on any atom is -0.492 e. The minimum atomic E-state index is -5.29. The second-order valence-corrected chi connectivity index (χ2v) is 8.26. The predicted molar refractivity (Wildman–Crippen MR) is 116 cm³/mol. The van der Waals surface area contributed by atoms with Crippen molar-refractivity contribution in [1.82, 2.24) is 14.9 Å². The van der Waals surface area contributed by atoms with Crippen LogP contribution in [0.1, 0.15) is 19.8 Å². The van der Waals surface area contributed by atoms with Crippen LogP contribution in [0.3, 0.4) is 0 Å². The van der Waals surface area contributed by atoms with Gasteiger partial charge in [0.1, 0.15) is 18.2 Å². The van der Waals surface area contributed by atoms with Gasteiger partial charge in [-0.15, -0.1) is 24.0 Å². The lowest BCUT2D eigenvalue weighted by Crippen LogP contribution is -2.51. The summed E-state index contributed by atoms with van der Waals surface area (Å²) in [6, 6.07) is 5.51. The molecule has 0 aromatic heterocycles. The largest absolute Gasteiger partial charge is 0.511 e. The number of aliphatic imine (C=N–C) groups is 1. The molecule has 30 heavy (non-hydrogen) atoms. The monoisotopic (exact) mass is 568 g/mol. The van der Waals surface area contributed by atoms with Crippen molar-refractivity contribution in [1.29, 1.82) is 0 Å². The number of halogens is 5. The van der Waals surface area contributed by atoms with Crippen molar-refractivity contribution in [3.8, 4) is 5.75 Å². The lowest BCUT2D eigenvalue weighted by atomic mass is 10.1. The van der Waals surface area contributed by atoms with Crippen LogP contribution in [0.2, 0.25) is 0 Å². The molecular weight excluding hydrogens is 543 g/mol. The van der Waals surface area contributed by atoms with Crippen LogP contribution in [0.15, 0.2) is 29.3 Å². The van der Waals surface area contributed by atoms with Crippen LogP contribution in [-0.2, 0) is 10.0 Å². The number of sulfonamides is 1. The van der Waals surface area contributed by atoms with Crippen LogP contribution in [0.4, 0.5) is 17.6 Å². The maximum atomic E-state index is 13.1. The Bertz CT molecular complexity index is 800. The molecule has 0 unspecified atom stereocenters. The van der Waals surface area contributed by atoms with E-state index >= 15 is 0 Å². The van der Waals surface area contributed by atoms with E-state index in [-0.39, 0.29) is 69.1 Å². The topological polar surface area (TPSA) is 83.0 Å². The average molecular weight is 568 g/mol. The maximum absolute atomic E-state index is 13.1. The summed E-state index contributed by atoms with van der Waals surface area (Å²) in [4.78, 5) is 4.32. The van der Waals surface area contributed by atoms with Gasteiger partial charge < -0.3 is 15.4 Å². The SMILES string of the molecule is CCNC(=NCCOc1cccc(F)c1)NC1CCN(S(=O)(=O)C(F)(F)F)CC1.I. The van der Waals surface area contributed by atoms with Crippen molar-refractivity contribution in [2.75, 3.05) is 32.8 Å². The highest BCUT2D eigenvalue weighted by Gasteiger charge is 2.50. The number of benzene rings is 1. The van der Waals surface area contributed by atoms with Gasteiger partial charge in [0.05, 0.1) is 6.54 Å². The van der Waals surface area contributed by atoms with Gasteiger partial charge in [0, 0.05) is 31.7 Å². The van der Waals surface area contributed by atoms with Crippen LogP contribution < -0.4 is 15.4 Å². The fourth-order valence-corrected chi connectivity index (χ4v) is 3.76. The van der Waals surface area contributed by atoms with Crippen molar-refractivity contribution < 1.29 is 30.7 Å². The molecule has 0 aliphatic carbocycles. The zero-order valence-electron chi connectivity index (χ0n) is 16.3. The van der Waals surface area contributed by atoms with E-state index in [2.05, 4.69) is 15.6 Å². The molecule has 1 aromatic rings. The van der Waals surface area contributed by atoms with Crippen LogP contribution in [-0.4, -0.2) is 63.0 Å². The highest BCUT2D eigenvalue weighted by atomic mass is 127. The number of rotatable bonds is 7. The summed E-state index contributed by atoms with van der Waals surface area (Å²) in [5.41, 5.74) is -5.29. The van der Waals surface area contributed by atoms with Crippen molar-refractivity contribution in [2.45, 2.75) is 31.3 Å². The summed E-state index contributed by atoms with van der Waals surface area (Å²) in [5.74, 6) is 0.434. The van der Waals surface area contributed by atoms with Gasteiger partial charge in [-0.25, -0.2) is 17.8 Å². The number of guanidine groups is 1. The highest BCUT2D eigenvalue weighted by Crippen LogP contribution is 2.28. The van der Waals surface area contributed by atoms with E-state index in [0.717, 1.165) is 0 Å². The fraction of sp³-hybridized carbons (Fsp3) is 0.588. The summed E-state index contributed by atoms with van der Waals surface area (Å²) >= 11 is 0. The molecule has 1 aliphatic heterocycles. The Labute approximate surface area is 190 Å². The zero-order chi connectivity index (χ0) is 21.5. The second kappa shape index (κ2) is 11.9. The number of piperidine rings is 1. The van der Waals surface area contributed by atoms with Crippen LogP contribution >= 0.6 is 24.0 Å². The molecule has 1 fully saturated rings. The fourth-order valence-electron chi connectivity index (χ4n) is 2.78.